The number of hydrogen-bond acceptors (Lipinski definition) is 6. The van der Waals surface area contributed by atoms with Crippen LogP contribution in [0.4, 0.5) is 16.2 Å². The Morgan fingerprint density at radius 2 is 1.92 bits per heavy atom. The molecule has 1 heterocycles. The normalized spacial score (nSPS) is 18.0. The van der Waals surface area contributed by atoms with Crippen LogP contribution in [0.2, 0.25) is 0 Å². The van der Waals surface area contributed by atoms with Crippen LogP contribution in [0.5, 0.6) is 0 Å². The number of nitrogen functional groups attached to an aromatic ring is 1. The summed E-state index contributed by atoms with van der Waals surface area (Å²) in [6.07, 6.45) is -0.325. The lowest BCUT2D eigenvalue weighted by Crippen LogP contribution is -2.55. The molecule has 1 aliphatic heterocycles. The Bertz CT molecular complexity index is 654. The minimum atomic E-state index is -0.532. The second-order valence-corrected chi connectivity index (χ2v) is 7.20. The summed E-state index contributed by atoms with van der Waals surface area (Å²) in [5, 5.41) is 0. The number of para-hydroxylation sites is 1. The number of nitrogens with zero attached hydrogens (tertiary/aromatic N) is 2. The average Bonchev–Trinajstić information content (AvgIpc) is 2.51. The van der Waals surface area contributed by atoms with Gasteiger partial charge in [0.15, 0.2) is 0 Å². The van der Waals surface area contributed by atoms with Gasteiger partial charge in [0.25, 0.3) is 0 Å². The predicted octanol–water partition coefficient (Wildman–Crippen LogP) is 2.50. The number of piperazine rings is 1. The number of benzene rings is 1. The number of rotatable bonds is 2. The van der Waals surface area contributed by atoms with Crippen LogP contribution in [0.15, 0.2) is 18.2 Å². The number of hydrogen-bond donors (Lipinski definition) is 1. The highest BCUT2D eigenvalue weighted by atomic mass is 16.6. The molecule has 1 unspecified atom stereocenters. The van der Waals surface area contributed by atoms with Crippen LogP contribution < -0.4 is 10.6 Å². The molecular formula is C18H27N3O4. The third-order valence-corrected chi connectivity index (χ3v) is 4.04. The second kappa shape index (κ2) is 7.21. The van der Waals surface area contributed by atoms with Crippen molar-refractivity contribution < 1.29 is 19.1 Å². The van der Waals surface area contributed by atoms with Crippen LogP contribution in [0.25, 0.3) is 0 Å². The van der Waals surface area contributed by atoms with E-state index in [1.807, 2.05) is 32.6 Å². The van der Waals surface area contributed by atoms with Crippen LogP contribution in [-0.4, -0.2) is 55.3 Å². The number of ether oxygens (including phenoxy) is 2. The van der Waals surface area contributed by atoms with Crippen LogP contribution in [-0.2, 0) is 9.47 Å². The van der Waals surface area contributed by atoms with Crippen LogP contribution >= 0.6 is 0 Å². The van der Waals surface area contributed by atoms with Gasteiger partial charge in [-0.1, -0.05) is 6.07 Å². The Morgan fingerprint density at radius 1 is 1.24 bits per heavy atom. The van der Waals surface area contributed by atoms with Gasteiger partial charge in [-0.3, -0.25) is 0 Å². The maximum atomic E-state index is 12.3. The first kappa shape index (κ1) is 18.9. The van der Waals surface area contributed by atoms with Crippen molar-refractivity contribution in [1.82, 2.24) is 4.90 Å². The molecule has 7 nitrogen and oxygen atoms in total. The zero-order chi connectivity index (χ0) is 18.8. The van der Waals surface area contributed by atoms with E-state index < -0.39 is 11.6 Å². The van der Waals surface area contributed by atoms with Crippen LogP contribution in [0, 0.1) is 0 Å². The highest BCUT2D eigenvalue weighted by Crippen LogP contribution is 2.30. The molecule has 1 amide bonds. The molecule has 0 radical (unpaired) electrons. The van der Waals surface area contributed by atoms with Gasteiger partial charge in [0.1, 0.15) is 5.60 Å². The fourth-order valence-corrected chi connectivity index (χ4v) is 2.94. The highest BCUT2D eigenvalue weighted by Gasteiger charge is 2.32. The zero-order valence-electron chi connectivity index (χ0n) is 15.5. The Balaban J connectivity index is 2.19. The Hall–Kier alpha value is -2.44. The number of methoxy groups -OCH3 is 1. The SMILES string of the molecule is COC(=O)c1cccc(N)c1N1CCN(C(=O)OC(C)(C)C)C(C)C1. The fourth-order valence-electron chi connectivity index (χ4n) is 2.94. The molecule has 1 atom stereocenters. The van der Waals surface area contributed by atoms with Crippen molar-refractivity contribution in [1.29, 1.82) is 0 Å². The minimum absolute atomic E-state index is 0.0753. The molecule has 2 rings (SSSR count). The number of anilines is 2. The molecule has 138 valence electrons. The minimum Gasteiger partial charge on any atom is -0.465 e. The molecule has 1 aromatic carbocycles. The summed E-state index contributed by atoms with van der Waals surface area (Å²) in [6.45, 7) is 9.09. The van der Waals surface area contributed by atoms with Crippen molar-refractivity contribution in [2.24, 2.45) is 0 Å². The van der Waals surface area contributed by atoms with Crippen molar-refractivity contribution >= 4 is 23.4 Å². The van der Waals surface area contributed by atoms with Gasteiger partial charge in [0.2, 0.25) is 0 Å². The van der Waals surface area contributed by atoms with Gasteiger partial charge in [-0.15, -0.1) is 0 Å². The molecule has 2 N–H and O–H groups in total. The van der Waals surface area contributed by atoms with Gasteiger partial charge in [-0.05, 0) is 39.8 Å². The summed E-state index contributed by atoms with van der Waals surface area (Å²) in [5.74, 6) is -0.426. The topological polar surface area (TPSA) is 85.1 Å². The quantitative estimate of drug-likeness (QED) is 0.652. The van der Waals surface area contributed by atoms with E-state index in [4.69, 9.17) is 15.2 Å². The van der Waals surface area contributed by atoms with Gasteiger partial charge in [0, 0.05) is 25.7 Å². The predicted molar refractivity (Wildman–Crippen MR) is 96.8 cm³/mol. The number of esters is 1. The van der Waals surface area contributed by atoms with E-state index in [1.165, 1.54) is 7.11 Å². The summed E-state index contributed by atoms with van der Waals surface area (Å²) in [5.41, 5.74) is 7.18. The molecule has 1 aromatic rings. The number of carbonyl (C=O) groups is 2. The van der Waals surface area contributed by atoms with E-state index >= 15 is 0 Å². The van der Waals surface area contributed by atoms with Gasteiger partial charge in [0.05, 0.1) is 24.0 Å². The van der Waals surface area contributed by atoms with E-state index in [0.717, 1.165) is 0 Å². The molecule has 0 spiro atoms. The average molecular weight is 349 g/mol. The first-order valence-electron chi connectivity index (χ1n) is 8.35. The van der Waals surface area contributed by atoms with Crippen molar-refractivity contribution in [3.63, 3.8) is 0 Å². The van der Waals surface area contributed by atoms with E-state index in [1.54, 1.807) is 23.1 Å². The number of carbonyl (C=O) groups excluding carboxylic acids is 2. The Morgan fingerprint density at radius 3 is 2.48 bits per heavy atom. The van der Waals surface area contributed by atoms with E-state index in [-0.39, 0.29) is 12.1 Å². The highest BCUT2D eigenvalue weighted by molar-refractivity contribution is 5.99. The molecule has 7 heteroatoms. The largest absolute Gasteiger partial charge is 0.465 e. The van der Waals surface area contributed by atoms with Crippen molar-refractivity contribution in [3.8, 4) is 0 Å². The lowest BCUT2D eigenvalue weighted by Gasteiger charge is -2.41. The third-order valence-electron chi connectivity index (χ3n) is 4.04. The Kier molecular flexibility index (Phi) is 5.45. The smallest absolute Gasteiger partial charge is 0.410 e. The molecule has 0 bridgehead atoms. The van der Waals surface area contributed by atoms with E-state index in [2.05, 4.69) is 0 Å². The zero-order valence-corrected chi connectivity index (χ0v) is 15.5. The molecule has 1 aliphatic rings. The summed E-state index contributed by atoms with van der Waals surface area (Å²) < 4.78 is 10.3. The second-order valence-electron chi connectivity index (χ2n) is 7.20. The van der Waals surface area contributed by atoms with Crippen molar-refractivity contribution in [2.45, 2.75) is 39.3 Å². The summed E-state index contributed by atoms with van der Waals surface area (Å²) >= 11 is 0. The number of amides is 1. The van der Waals surface area contributed by atoms with E-state index in [9.17, 15) is 9.59 Å². The number of nitrogens with two attached hydrogens (primary N) is 1. The molecule has 25 heavy (non-hydrogen) atoms. The van der Waals surface area contributed by atoms with Gasteiger partial charge in [-0.25, -0.2) is 9.59 Å². The molecule has 1 fully saturated rings. The standard InChI is InChI=1S/C18H27N3O4/c1-12-11-20(9-10-21(12)17(23)25-18(2,3)4)15-13(16(22)24-5)7-6-8-14(15)19/h6-8,12H,9-11,19H2,1-5H3. The monoisotopic (exact) mass is 349 g/mol. The molecule has 0 saturated carbocycles. The Labute approximate surface area is 148 Å². The maximum Gasteiger partial charge on any atom is 0.410 e. The first-order valence-corrected chi connectivity index (χ1v) is 8.35. The van der Waals surface area contributed by atoms with Crippen LogP contribution in [0.1, 0.15) is 38.1 Å². The van der Waals surface area contributed by atoms with Crippen molar-refractivity contribution in [3.05, 3.63) is 23.8 Å². The summed E-state index contributed by atoms with van der Waals surface area (Å²) in [7, 11) is 1.35. The third kappa shape index (κ3) is 4.35. The summed E-state index contributed by atoms with van der Waals surface area (Å²) in [6, 6.07) is 5.11. The van der Waals surface area contributed by atoms with Gasteiger partial charge in [-0.2, -0.15) is 0 Å². The lowest BCUT2D eigenvalue weighted by molar-refractivity contribution is 0.0158. The fraction of sp³-hybridized carbons (Fsp3) is 0.556. The maximum absolute atomic E-state index is 12.3. The van der Waals surface area contributed by atoms with Crippen LogP contribution in [0.3, 0.4) is 0 Å². The molecule has 0 aromatic heterocycles. The van der Waals surface area contributed by atoms with E-state index in [0.29, 0.717) is 36.6 Å². The first-order chi connectivity index (χ1) is 11.6. The molecule has 1 saturated heterocycles. The summed E-state index contributed by atoms with van der Waals surface area (Å²) in [4.78, 5) is 28.1. The molecular weight excluding hydrogens is 322 g/mol. The van der Waals surface area contributed by atoms with Gasteiger partial charge >= 0.3 is 12.1 Å². The molecule has 0 aliphatic carbocycles. The lowest BCUT2D eigenvalue weighted by atomic mass is 10.1. The van der Waals surface area contributed by atoms with Gasteiger partial charge < -0.3 is 25.0 Å². The van der Waals surface area contributed by atoms with Crippen molar-refractivity contribution in [2.75, 3.05) is 37.4 Å².